The lowest BCUT2D eigenvalue weighted by Gasteiger charge is -2.23. The van der Waals surface area contributed by atoms with Crippen LogP contribution in [0.5, 0.6) is 0 Å². The SMILES string of the molecule is Cc1ccc(NC(=O)C(C)C)cc1NC(=O)c1nnn(C2CCNCC2)c1C. The number of nitrogens with zero attached hydrogens (tertiary/aromatic N) is 3. The topological polar surface area (TPSA) is 101 Å². The van der Waals surface area contributed by atoms with Crippen LogP contribution in [0.4, 0.5) is 11.4 Å². The molecule has 1 aromatic heterocycles. The van der Waals surface area contributed by atoms with Crippen LogP contribution in [0.3, 0.4) is 0 Å². The number of hydrogen-bond donors (Lipinski definition) is 3. The van der Waals surface area contributed by atoms with Crippen LogP contribution in [0.1, 0.15) is 54.5 Å². The van der Waals surface area contributed by atoms with E-state index >= 15 is 0 Å². The van der Waals surface area contributed by atoms with Gasteiger partial charge in [0, 0.05) is 17.3 Å². The van der Waals surface area contributed by atoms with Gasteiger partial charge >= 0.3 is 0 Å². The first kappa shape index (κ1) is 20.0. The first-order chi connectivity index (χ1) is 13.4. The van der Waals surface area contributed by atoms with Crippen LogP contribution < -0.4 is 16.0 Å². The molecule has 2 heterocycles. The van der Waals surface area contributed by atoms with Crippen molar-refractivity contribution < 1.29 is 9.59 Å². The van der Waals surface area contributed by atoms with E-state index in [2.05, 4.69) is 26.3 Å². The molecule has 1 aromatic carbocycles. The Kier molecular flexibility index (Phi) is 6.08. The van der Waals surface area contributed by atoms with Gasteiger partial charge in [0.2, 0.25) is 5.91 Å². The van der Waals surface area contributed by atoms with E-state index in [9.17, 15) is 9.59 Å². The second-order valence-electron chi connectivity index (χ2n) is 7.58. The molecule has 0 spiro atoms. The molecule has 1 fully saturated rings. The van der Waals surface area contributed by atoms with Gasteiger partial charge < -0.3 is 16.0 Å². The van der Waals surface area contributed by atoms with Crippen LogP contribution in [0.2, 0.25) is 0 Å². The molecule has 2 amide bonds. The van der Waals surface area contributed by atoms with Crippen molar-refractivity contribution in [2.45, 2.75) is 46.6 Å². The maximum atomic E-state index is 12.8. The van der Waals surface area contributed by atoms with Crippen molar-refractivity contribution in [1.82, 2.24) is 20.3 Å². The number of aromatic nitrogens is 3. The average molecular weight is 384 g/mol. The monoisotopic (exact) mass is 384 g/mol. The molecule has 8 heteroatoms. The summed E-state index contributed by atoms with van der Waals surface area (Å²) in [6.07, 6.45) is 1.95. The van der Waals surface area contributed by atoms with Gasteiger partial charge in [0.15, 0.2) is 5.69 Å². The highest BCUT2D eigenvalue weighted by Gasteiger charge is 2.23. The Balaban J connectivity index is 1.76. The van der Waals surface area contributed by atoms with Gasteiger partial charge in [0.05, 0.1) is 11.7 Å². The third kappa shape index (κ3) is 4.39. The third-order valence-electron chi connectivity index (χ3n) is 5.07. The number of amides is 2. The van der Waals surface area contributed by atoms with Crippen molar-refractivity contribution in [2.75, 3.05) is 23.7 Å². The molecule has 28 heavy (non-hydrogen) atoms. The van der Waals surface area contributed by atoms with Crippen LogP contribution in [0, 0.1) is 19.8 Å². The number of carbonyl (C=O) groups excluding carboxylic acids is 2. The summed E-state index contributed by atoms with van der Waals surface area (Å²) in [6, 6.07) is 5.72. The molecule has 1 aliphatic heterocycles. The van der Waals surface area contributed by atoms with Gasteiger partial charge in [-0.15, -0.1) is 5.10 Å². The van der Waals surface area contributed by atoms with E-state index in [0.29, 0.717) is 17.1 Å². The average Bonchev–Trinajstić information content (AvgIpc) is 3.06. The second kappa shape index (κ2) is 8.52. The van der Waals surface area contributed by atoms with E-state index in [1.807, 2.05) is 44.5 Å². The Morgan fingerprint density at radius 3 is 2.57 bits per heavy atom. The van der Waals surface area contributed by atoms with E-state index < -0.39 is 0 Å². The molecular weight excluding hydrogens is 356 g/mol. The lowest BCUT2D eigenvalue weighted by atomic mass is 10.1. The Morgan fingerprint density at radius 1 is 1.18 bits per heavy atom. The number of benzene rings is 1. The molecule has 2 aromatic rings. The molecule has 3 rings (SSSR count). The molecule has 1 saturated heterocycles. The van der Waals surface area contributed by atoms with Crippen molar-refractivity contribution in [3.8, 4) is 0 Å². The molecule has 0 saturated carbocycles. The molecule has 3 N–H and O–H groups in total. The molecule has 8 nitrogen and oxygen atoms in total. The van der Waals surface area contributed by atoms with Gasteiger partial charge in [-0.25, -0.2) is 4.68 Å². The van der Waals surface area contributed by atoms with Crippen molar-refractivity contribution >= 4 is 23.2 Å². The molecule has 0 atom stereocenters. The normalized spacial score (nSPS) is 14.9. The summed E-state index contributed by atoms with van der Waals surface area (Å²) in [4.78, 5) is 24.7. The minimum atomic E-state index is -0.298. The Hall–Kier alpha value is -2.74. The van der Waals surface area contributed by atoms with Crippen molar-refractivity contribution in [2.24, 2.45) is 5.92 Å². The lowest BCUT2D eigenvalue weighted by Crippen LogP contribution is -2.30. The number of nitrogens with one attached hydrogen (secondary N) is 3. The maximum absolute atomic E-state index is 12.8. The third-order valence-corrected chi connectivity index (χ3v) is 5.07. The fourth-order valence-electron chi connectivity index (χ4n) is 3.25. The number of carbonyl (C=O) groups is 2. The summed E-state index contributed by atoms with van der Waals surface area (Å²) < 4.78 is 1.86. The predicted octanol–water partition coefficient (Wildman–Crippen LogP) is 2.67. The van der Waals surface area contributed by atoms with E-state index in [-0.39, 0.29) is 23.8 Å². The molecule has 0 aliphatic carbocycles. The van der Waals surface area contributed by atoms with Gasteiger partial charge in [0.25, 0.3) is 5.91 Å². The summed E-state index contributed by atoms with van der Waals surface area (Å²) in [5.41, 5.74) is 3.29. The molecule has 0 unspecified atom stereocenters. The van der Waals surface area contributed by atoms with Crippen LogP contribution >= 0.6 is 0 Å². The van der Waals surface area contributed by atoms with E-state index in [1.54, 1.807) is 6.07 Å². The summed E-state index contributed by atoms with van der Waals surface area (Å²) in [6.45, 7) is 9.34. The smallest absolute Gasteiger partial charge is 0.278 e. The van der Waals surface area contributed by atoms with Gasteiger partial charge in [0.1, 0.15) is 0 Å². The van der Waals surface area contributed by atoms with E-state index in [0.717, 1.165) is 37.2 Å². The number of anilines is 2. The van der Waals surface area contributed by atoms with Crippen LogP contribution in [-0.4, -0.2) is 39.9 Å². The van der Waals surface area contributed by atoms with E-state index in [1.165, 1.54) is 0 Å². The quantitative estimate of drug-likeness (QED) is 0.736. The lowest BCUT2D eigenvalue weighted by molar-refractivity contribution is -0.118. The van der Waals surface area contributed by atoms with E-state index in [4.69, 9.17) is 0 Å². The second-order valence-corrected chi connectivity index (χ2v) is 7.58. The first-order valence-electron chi connectivity index (χ1n) is 9.72. The number of hydrogen-bond acceptors (Lipinski definition) is 5. The Bertz CT molecular complexity index is 868. The summed E-state index contributed by atoms with van der Waals surface area (Å²) in [7, 11) is 0. The summed E-state index contributed by atoms with van der Waals surface area (Å²) >= 11 is 0. The zero-order chi connectivity index (χ0) is 20.3. The number of piperidine rings is 1. The summed E-state index contributed by atoms with van der Waals surface area (Å²) in [5, 5.41) is 17.4. The largest absolute Gasteiger partial charge is 0.326 e. The maximum Gasteiger partial charge on any atom is 0.278 e. The molecule has 0 bridgehead atoms. The zero-order valence-corrected chi connectivity index (χ0v) is 16.9. The van der Waals surface area contributed by atoms with Crippen molar-refractivity contribution in [3.05, 3.63) is 35.2 Å². The standard InChI is InChI=1S/C20H28N6O2/c1-12(2)19(27)22-15-6-5-13(3)17(11-15)23-20(28)18-14(4)26(25-24-18)16-7-9-21-10-8-16/h5-6,11-12,16,21H,7-10H2,1-4H3,(H,22,27)(H,23,28). The van der Waals surface area contributed by atoms with Crippen molar-refractivity contribution in [1.29, 1.82) is 0 Å². The number of aryl methyl sites for hydroxylation is 1. The summed E-state index contributed by atoms with van der Waals surface area (Å²) in [5.74, 6) is -0.484. The van der Waals surface area contributed by atoms with Crippen molar-refractivity contribution in [3.63, 3.8) is 0 Å². The van der Waals surface area contributed by atoms with Gasteiger partial charge in [-0.05, 0) is 57.5 Å². The fourth-order valence-corrected chi connectivity index (χ4v) is 3.25. The highest BCUT2D eigenvalue weighted by Crippen LogP contribution is 2.23. The highest BCUT2D eigenvalue weighted by atomic mass is 16.2. The Morgan fingerprint density at radius 2 is 1.89 bits per heavy atom. The predicted molar refractivity (Wildman–Crippen MR) is 108 cm³/mol. The minimum Gasteiger partial charge on any atom is -0.326 e. The number of rotatable bonds is 5. The Labute approximate surface area is 165 Å². The first-order valence-corrected chi connectivity index (χ1v) is 9.72. The molecule has 150 valence electrons. The molecule has 1 aliphatic rings. The van der Waals surface area contributed by atoms with Gasteiger partial charge in [-0.1, -0.05) is 25.1 Å². The fraction of sp³-hybridized carbons (Fsp3) is 0.500. The van der Waals surface area contributed by atoms with Gasteiger partial charge in [-0.2, -0.15) is 0 Å². The van der Waals surface area contributed by atoms with Crippen LogP contribution in [-0.2, 0) is 4.79 Å². The van der Waals surface area contributed by atoms with Crippen LogP contribution in [0.15, 0.2) is 18.2 Å². The molecular formula is C20H28N6O2. The van der Waals surface area contributed by atoms with Crippen LogP contribution in [0.25, 0.3) is 0 Å². The molecule has 0 radical (unpaired) electrons. The highest BCUT2D eigenvalue weighted by molar-refractivity contribution is 6.04. The zero-order valence-electron chi connectivity index (χ0n) is 16.9. The minimum absolute atomic E-state index is 0.0677. The van der Waals surface area contributed by atoms with Gasteiger partial charge in [-0.3, -0.25) is 9.59 Å².